The Hall–Kier alpha value is -0.880. The number of halogens is 2. The highest BCUT2D eigenvalue weighted by atomic mass is 79.9. The van der Waals surface area contributed by atoms with Gasteiger partial charge in [-0.25, -0.2) is 4.98 Å². The Morgan fingerprint density at radius 2 is 2.40 bits per heavy atom. The zero-order valence-corrected chi connectivity index (χ0v) is 10.4. The number of anilines is 1. The minimum atomic E-state index is -0.0289. The molecule has 0 bridgehead atoms. The summed E-state index contributed by atoms with van der Waals surface area (Å²) in [6.07, 6.45) is 1.93. The summed E-state index contributed by atoms with van der Waals surface area (Å²) >= 11 is 8.89. The van der Waals surface area contributed by atoms with Crippen LogP contribution in [0.4, 0.5) is 5.82 Å². The monoisotopic (exact) mass is 292 g/mol. The maximum atomic E-state index is 10.9. The highest BCUT2D eigenvalue weighted by molar-refractivity contribution is 9.10. The second-order valence-electron chi connectivity index (χ2n) is 2.69. The summed E-state index contributed by atoms with van der Waals surface area (Å²) in [4.78, 5) is 18.7. The first-order valence-electron chi connectivity index (χ1n) is 4.26. The fraction of sp³-hybridized carbons (Fsp3) is 0.375. The molecule has 0 saturated carbocycles. The van der Waals surface area contributed by atoms with E-state index in [1.165, 1.54) is 0 Å². The maximum absolute atomic E-state index is 10.9. The quantitative estimate of drug-likeness (QED) is 0.825. The first-order chi connectivity index (χ1) is 7.13. The number of carbonyl (C=O) groups is 1. The molecule has 0 aromatic carbocycles. The average Bonchev–Trinajstić information content (AvgIpc) is 2.23. The van der Waals surface area contributed by atoms with Crippen LogP contribution < -0.4 is 10.6 Å². The lowest BCUT2D eigenvalue weighted by molar-refractivity contribution is -0.120. The van der Waals surface area contributed by atoms with Crippen molar-refractivity contribution in [3.63, 3.8) is 0 Å². The maximum Gasteiger partial charge on any atom is 0.224 e. The molecule has 1 amide bonds. The van der Waals surface area contributed by atoms with Gasteiger partial charge >= 0.3 is 0 Å². The predicted octanol–water partition coefficient (Wildman–Crippen LogP) is 1.44. The number of aromatic nitrogens is 2. The molecule has 0 aliphatic rings. The molecule has 15 heavy (non-hydrogen) atoms. The van der Waals surface area contributed by atoms with Crippen molar-refractivity contribution in [1.29, 1.82) is 0 Å². The molecule has 7 heteroatoms. The van der Waals surface area contributed by atoms with E-state index < -0.39 is 0 Å². The van der Waals surface area contributed by atoms with E-state index >= 15 is 0 Å². The molecule has 1 aromatic rings. The normalized spacial score (nSPS) is 9.80. The van der Waals surface area contributed by atoms with Crippen LogP contribution in [0.2, 0.25) is 5.28 Å². The summed E-state index contributed by atoms with van der Waals surface area (Å²) in [5.74, 6) is 0.553. The Bertz CT molecular complexity index is 360. The van der Waals surface area contributed by atoms with Gasteiger partial charge in [0.25, 0.3) is 0 Å². The van der Waals surface area contributed by atoms with E-state index in [0.29, 0.717) is 23.3 Å². The molecule has 0 aliphatic carbocycles. The molecule has 0 saturated heterocycles. The van der Waals surface area contributed by atoms with Crippen LogP contribution in [0.25, 0.3) is 0 Å². The Labute approximate surface area is 101 Å². The lowest BCUT2D eigenvalue weighted by atomic mass is 10.4. The minimum absolute atomic E-state index is 0.0289. The second-order valence-corrected chi connectivity index (χ2v) is 3.88. The molecule has 0 fully saturated rings. The van der Waals surface area contributed by atoms with Crippen molar-refractivity contribution in [1.82, 2.24) is 15.3 Å². The fourth-order valence-corrected chi connectivity index (χ4v) is 1.35. The molecule has 2 N–H and O–H groups in total. The number of hydrogen-bond acceptors (Lipinski definition) is 4. The summed E-state index contributed by atoms with van der Waals surface area (Å²) in [5, 5.41) is 5.67. The van der Waals surface area contributed by atoms with Crippen LogP contribution in [-0.4, -0.2) is 29.5 Å². The smallest absolute Gasteiger partial charge is 0.224 e. The number of nitrogens with one attached hydrogen (secondary N) is 2. The molecule has 0 radical (unpaired) electrons. The van der Waals surface area contributed by atoms with Crippen LogP contribution in [0.15, 0.2) is 10.7 Å². The van der Waals surface area contributed by atoms with Crippen LogP contribution >= 0.6 is 27.5 Å². The lowest BCUT2D eigenvalue weighted by Gasteiger charge is -2.06. The van der Waals surface area contributed by atoms with Crippen molar-refractivity contribution in [3.8, 4) is 0 Å². The largest absolute Gasteiger partial charge is 0.368 e. The van der Waals surface area contributed by atoms with Gasteiger partial charge in [0, 0.05) is 26.2 Å². The molecular weight excluding hydrogens is 283 g/mol. The fourth-order valence-electron chi connectivity index (χ4n) is 0.889. The van der Waals surface area contributed by atoms with E-state index in [-0.39, 0.29) is 11.2 Å². The van der Waals surface area contributed by atoms with Gasteiger partial charge in [-0.05, 0) is 27.5 Å². The summed E-state index contributed by atoms with van der Waals surface area (Å²) in [6.45, 7) is 0.492. The lowest BCUT2D eigenvalue weighted by Crippen LogP contribution is -2.21. The first kappa shape index (κ1) is 12.2. The van der Waals surface area contributed by atoms with Gasteiger partial charge in [-0.15, -0.1) is 0 Å². The third-order valence-electron chi connectivity index (χ3n) is 1.64. The van der Waals surface area contributed by atoms with E-state index in [0.717, 1.165) is 0 Å². The highest BCUT2D eigenvalue weighted by Crippen LogP contribution is 2.19. The minimum Gasteiger partial charge on any atom is -0.368 e. The van der Waals surface area contributed by atoms with Crippen molar-refractivity contribution in [2.45, 2.75) is 6.42 Å². The summed E-state index contributed by atoms with van der Waals surface area (Å²) < 4.78 is 0.712. The highest BCUT2D eigenvalue weighted by Gasteiger charge is 2.04. The van der Waals surface area contributed by atoms with Crippen LogP contribution in [0, 0.1) is 0 Å². The van der Waals surface area contributed by atoms with Crippen LogP contribution in [-0.2, 0) is 4.79 Å². The van der Waals surface area contributed by atoms with Gasteiger partial charge in [0.05, 0.1) is 4.47 Å². The average molecular weight is 294 g/mol. The molecule has 0 atom stereocenters. The number of amides is 1. The van der Waals surface area contributed by atoms with E-state index in [4.69, 9.17) is 11.6 Å². The van der Waals surface area contributed by atoms with Crippen LogP contribution in [0.3, 0.4) is 0 Å². The van der Waals surface area contributed by atoms with E-state index in [9.17, 15) is 4.79 Å². The number of hydrogen-bond donors (Lipinski definition) is 2. The molecule has 1 aromatic heterocycles. The van der Waals surface area contributed by atoms with Crippen molar-refractivity contribution in [3.05, 3.63) is 16.0 Å². The molecule has 0 aliphatic heterocycles. The van der Waals surface area contributed by atoms with Gasteiger partial charge in [-0.2, -0.15) is 4.98 Å². The summed E-state index contributed by atoms with van der Waals surface area (Å²) in [7, 11) is 1.60. The molecule has 1 rings (SSSR count). The van der Waals surface area contributed by atoms with Crippen LogP contribution in [0.1, 0.15) is 6.42 Å². The van der Waals surface area contributed by atoms with Gasteiger partial charge in [-0.3, -0.25) is 4.79 Å². The number of nitrogens with zero attached hydrogens (tertiary/aromatic N) is 2. The van der Waals surface area contributed by atoms with Gasteiger partial charge in [0.15, 0.2) is 0 Å². The summed E-state index contributed by atoms with van der Waals surface area (Å²) in [5.41, 5.74) is 0. The Kier molecular flexibility index (Phi) is 4.77. The Morgan fingerprint density at radius 1 is 1.67 bits per heavy atom. The zero-order valence-electron chi connectivity index (χ0n) is 8.05. The van der Waals surface area contributed by atoms with E-state index in [1.54, 1.807) is 13.2 Å². The third-order valence-corrected chi connectivity index (χ3v) is 2.40. The van der Waals surface area contributed by atoms with Crippen molar-refractivity contribution >= 4 is 39.3 Å². The molecule has 0 spiro atoms. The zero-order chi connectivity index (χ0) is 11.3. The van der Waals surface area contributed by atoms with Gasteiger partial charge in [0.2, 0.25) is 11.2 Å². The standard InChI is InChI=1S/C8H10BrClN4O/c1-11-6(15)2-3-12-7-5(9)4-13-8(10)14-7/h4H,2-3H2,1H3,(H,11,15)(H,12,13,14). The SMILES string of the molecule is CNC(=O)CCNc1nc(Cl)ncc1Br. The molecular formula is C8H10BrClN4O. The van der Waals surface area contributed by atoms with Gasteiger partial charge in [-0.1, -0.05) is 0 Å². The van der Waals surface area contributed by atoms with Crippen molar-refractivity contribution < 1.29 is 4.79 Å². The molecule has 1 heterocycles. The van der Waals surface area contributed by atoms with Crippen LogP contribution in [0.5, 0.6) is 0 Å². The number of carbonyl (C=O) groups excluding carboxylic acids is 1. The Balaban J connectivity index is 2.50. The molecule has 5 nitrogen and oxygen atoms in total. The first-order valence-corrected chi connectivity index (χ1v) is 5.43. The van der Waals surface area contributed by atoms with Gasteiger partial charge < -0.3 is 10.6 Å². The molecule has 0 unspecified atom stereocenters. The summed E-state index contributed by atoms with van der Waals surface area (Å²) in [6, 6.07) is 0. The third kappa shape index (κ3) is 4.01. The molecule has 82 valence electrons. The topological polar surface area (TPSA) is 66.9 Å². The second kappa shape index (κ2) is 5.87. The number of rotatable bonds is 4. The Morgan fingerprint density at radius 3 is 3.07 bits per heavy atom. The van der Waals surface area contributed by atoms with E-state index in [2.05, 4.69) is 36.5 Å². The predicted molar refractivity (Wildman–Crippen MR) is 61.9 cm³/mol. The van der Waals surface area contributed by atoms with Crippen molar-refractivity contribution in [2.24, 2.45) is 0 Å². The van der Waals surface area contributed by atoms with Gasteiger partial charge in [0.1, 0.15) is 5.82 Å². The van der Waals surface area contributed by atoms with Crippen molar-refractivity contribution in [2.75, 3.05) is 18.9 Å². The van der Waals surface area contributed by atoms with E-state index in [1.807, 2.05) is 0 Å².